The second kappa shape index (κ2) is 4.52. The van der Waals surface area contributed by atoms with Crippen molar-refractivity contribution < 1.29 is 4.79 Å². The van der Waals surface area contributed by atoms with Crippen molar-refractivity contribution in [1.82, 2.24) is 15.2 Å². The van der Waals surface area contributed by atoms with Crippen LogP contribution in [0, 0.1) is 3.57 Å². The lowest BCUT2D eigenvalue weighted by atomic mass is 10.2. The number of aromatic nitrogens is 1. The van der Waals surface area contributed by atoms with Crippen molar-refractivity contribution in [2.45, 2.75) is 13.0 Å². The van der Waals surface area contributed by atoms with E-state index >= 15 is 0 Å². The summed E-state index contributed by atoms with van der Waals surface area (Å²) >= 11 is 2.20. The molecule has 1 saturated heterocycles. The number of nitrogens with one attached hydrogen (secondary N) is 2. The lowest BCUT2D eigenvalue weighted by Gasteiger charge is -2.33. The molecule has 0 aromatic carbocycles. The first-order valence-corrected chi connectivity index (χ1v) is 6.12. The number of rotatable bonds is 1. The van der Waals surface area contributed by atoms with Gasteiger partial charge < -0.3 is 15.2 Å². The fourth-order valence-electron chi connectivity index (χ4n) is 1.79. The summed E-state index contributed by atoms with van der Waals surface area (Å²) in [5, 5.41) is 3.27. The molecule has 2 rings (SSSR count). The molecule has 1 fully saturated rings. The molecule has 0 aliphatic carbocycles. The van der Waals surface area contributed by atoms with Crippen molar-refractivity contribution in [1.29, 1.82) is 0 Å². The predicted molar refractivity (Wildman–Crippen MR) is 66.9 cm³/mol. The maximum Gasteiger partial charge on any atom is 0.270 e. The van der Waals surface area contributed by atoms with Gasteiger partial charge in [-0.05, 0) is 35.6 Å². The molecule has 2 heterocycles. The summed E-state index contributed by atoms with van der Waals surface area (Å²) in [5.41, 5.74) is 0.688. The van der Waals surface area contributed by atoms with Crippen LogP contribution in [0.4, 0.5) is 0 Å². The van der Waals surface area contributed by atoms with Gasteiger partial charge in [-0.3, -0.25) is 4.79 Å². The van der Waals surface area contributed by atoms with E-state index in [1.807, 2.05) is 17.2 Å². The lowest BCUT2D eigenvalue weighted by Crippen LogP contribution is -2.52. The maximum absolute atomic E-state index is 12.1. The van der Waals surface area contributed by atoms with Crippen LogP contribution in [0.5, 0.6) is 0 Å². The number of hydrogen-bond donors (Lipinski definition) is 2. The molecule has 1 aromatic rings. The van der Waals surface area contributed by atoms with Crippen LogP contribution < -0.4 is 5.32 Å². The van der Waals surface area contributed by atoms with Crippen molar-refractivity contribution in [3.05, 3.63) is 21.5 Å². The molecule has 1 aliphatic heterocycles. The molecule has 4 nitrogen and oxygen atoms in total. The Labute approximate surface area is 103 Å². The van der Waals surface area contributed by atoms with E-state index in [4.69, 9.17) is 0 Å². The molecule has 1 unspecified atom stereocenters. The average Bonchev–Trinajstić information content (AvgIpc) is 2.65. The van der Waals surface area contributed by atoms with Crippen LogP contribution in [0.3, 0.4) is 0 Å². The second-order valence-corrected chi connectivity index (χ2v) is 5.03. The highest BCUT2D eigenvalue weighted by Crippen LogP contribution is 2.12. The highest BCUT2D eigenvalue weighted by molar-refractivity contribution is 14.1. The Morgan fingerprint density at radius 3 is 3.07 bits per heavy atom. The predicted octanol–water partition coefficient (Wildman–Crippen LogP) is 1.05. The number of carbonyl (C=O) groups is 1. The van der Waals surface area contributed by atoms with Crippen molar-refractivity contribution in [3.8, 4) is 0 Å². The molecule has 0 radical (unpaired) electrons. The van der Waals surface area contributed by atoms with E-state index in [-0.39, 0.29) is 11.9 Å². The van der Waals surface area contributed by atoms with Crippen LogP contribution in [0.15, 0.2) is 12.3 Å². The molecule has 0 saturated carbocycles. The molecule has 0 bridgehead atoms. The minimum Gasteiger partial charge on any atom is -0.356 e. The number of aromatic amines is 1. The zero-order valence-electron chi connectivity index (χ0n) is 8.59. The molecule has 1 aromatic heterocycles. The van der Waals surface area contributed by atoms with Gasteiger partial charge in [0.25, 0.3) is 5.91 Å². The van der Waals surface area contributed by atoms with Crippen LogP contribution in [0.25, 0.3) is 0 Å². The van der Waals surface area contributed by atoms with Gasteiger partial charge in [-0.1, -0.05) is 0 Å². The Morgan fingerprint density at radius 1 is 1.67 bits per heavy atom. The van der Waals surface area contributed by atoms with Crippen molar-refractivity contribution in [3.63, 3.8) is 0 Å². The van der Waals surface area contributed by atoms with Crippen LogP contribution in [-0.2, 0) is 0 Å². The standard InChI is InChI=1S/C10H14IN3O/c1-7-5-12-2-3-14(7)10(15)9-4-8(11)6-13-9/h4,6-7,12-13H,2-3,5H2,1H3. The number of halogens is 1. The molecule has 82 valence electrons. The third-order valence-corrected chi connectivity index (χ3v) is 3.26. The fraction of sp³-hybridized carbons (Fsp3) is 0.500. The van der Waals surface area contributed by atoms with E-state index in [1.165, 1.54) is 0 Å². The largest absolute Gasteiger partial charge is 0.356 e. The first-order chi connectivity index (χ1) is 7.18. The van der Waals surface area contributed by atoms with Crippen LogP contribution in [0.1, 0.15) is 17.4 Å². The molecule has 2 N–H and O–H groups in total. The number of carbonyl (C=O) groups excluding carboxylic acids is 1. The summed E-state index contributed by atoms with van der Waals surface area (Å²) in [4.78, 5) is 17.0. The van der Waals surface area contributed by atoms with Crippen molar-refractivity contribution in [2.24, 2.45) is 0 Å². The van der Waals surface area contributed by atoms with Gasteiger partial charge in [0, 0.05) is 35.4 Å². The molecule has 0 spiro atoms. The van der Waals surface area contributed by atoms with Gasteiger partial charge in [-0.2, -0.15) is 0 Å². The van der Waals surface area contributed by atoms with E-state index < -0.39 is 0 Å². The quantitative estimate of drug-likeness (QED) is 0.761. The third kappa shape index (κ3) is 2.34. The minimum absolute atomic E-state index is 0.104. The Morgan fingerprint density at radius 2 is 2.47 bits per heavy atom. The van der Waals surface area contributed by atoms with Gasteiger partial charge in [0.05, 0.1) is 0 Å². The zero-order chi connectivity index (χ0) is 10.8. The molecule has 15 heavy (non-hydrogen) atoms. The molecule has 1 aliphatic rings. The van der Waals surface area contributed by atoms with Crippen molar-refractivity contribution in [2.75, 3.05) is 19.6 Å². The molecular weight excluding hydrogens is 305 g/mol. The molecule has 1 atom stereocenters. The van der Waals surface area contributed by atoms with Gasteiger partial charge in [-0.25, -0.2) is 0 Å². The minimum atomic E-state index is 0.104. The van der Waals surface area contributed by atoms with E-state index in [0.29, 0.717) is 5.69 Å². The molecule has 1 amide bonds. The highest BCUT2D eigenvalue weighted by Gasteiger charge is 2.24. The molecular formula is C10H14IN3O. The second-order valence-electron chi connectivity index (χ2n) is 3.78. The maximum atomic E-state index is 12.1. The summed E-state index contributed by atoms with van der Waals surface area (Å²) in [6.45, 7) is 4.62. The third-order valence-electron chi connectivity index (χ3n) is 2.64. The number of nitrogens with zero attached hydrogens (tertiary/aromatic N) is 1. The smallest absolute Gasteiger partial charge is 0.270 e. The van der Waals surface area contributed by atoms with E-state index in [0.717, 1.165) is 23.2 Å². The summed E-state index contributed by atoms with van der Waals surface area (Å²) in [7, 11) is 0. The van der Waals surface area contributed by atoms with E-state index in [1.54, 1.807) is 0 Å². The van der Waals surface area contributed by atoms with E-state index in [9.17, 15) is 4.79 Å². The van der Waals surface area contributed by atoms with Gasteiger partial charge >= 0.3 is 0 Å². The fourth-order valence-corrected chi connectivity index (χ4v) is 2.26. The topological polar surface area (TPSA) is 48.1 Å². The zero-order valence-corrected chi connectivity index (χ0v) is 10.7. The SMILES string of the molecule is CC1CNCCN1C(=O)c1cc(I)c[nH]1. The summed E-state index contributed by atoms with van der Waals surface area (Å²) in [6.07, 6.45) is 1.85. The number of piperazine rings is 1. The van der Waals surface area contributed by atoms with Crippen LogP contribution in [-0.4, -0.2) is 41.5 Å². The van der Waals surface area contributed by atoms with Gasteiger partial charge in [-0.15, -0.1) is 0 Å². The van der Waals surface area contributed by atoms with Gasteiger partial charge in [0.15, 0.2) is 0 Å². The number of H-pyrrole nitrogens is 1. The summed E-state index contributed by atoms with van der Waals surface area (Å²) < 4.78 is 1.07. The van der Waals surface area contributed by atoms with Gasteiger partial charge in [0.1, 0.15) is 5.69 Å². The Bertz CT molecular complexity index is 363. The Balaban J connectivity index is 2.13. The normalized spacial score (nSPS) is 21.7. The number of hydrogen-bond acceptors (Lipinski definition) is 2. The monoisotopic (exact) mass is 319 g/mol. The van der Waals surface area contributed by atoms with Crippen molar-refractivity contribution >= 4 is 28.5 Å². The van der Waals surface area contributed by atoms with E-state index in [2.05, 4.69) is 39.8 Å². The lowest BCUT2D eigenvalue weighted by molar-refractivity contribution is 0.0650. The van der Waals surface area contributed by atoms with Crippen LogP contribution >= 0.6 is 22.6 Å². The Hall–Kier alpha value is -0.560. The summed E-state index contributed by atoms with van der Waals surface area (Å²) in [5.74, 6) is 0.104. The molecule has 5 heteroatoms. The number of amides is 1. The van der Waals surface area contributed by atoms with Gasteiger partial charge in [0.2, 0.25) is 0 Å². The highest BCUT2D eigenvalue weighted by atomic mass is 127. The summed E-state index contributed by atoms with van der Waals surface area (Å²) in [6, 6.07) is 2.16. The van der Waals surface area contributed by atoms with Crippen LogP contribution in [0.2, 0.25) is 0 Å². The first-order valence-electron chi connectivity index (χ1n) is 5.04. The Kier molecular flexibility index (Phi) is 3.30. The average molecular weight is 319 g/mol. The first kappa shape index (κ1) is 10.9.